The summed E-state index contributed by atoms with van der Waals surface area (Å²) < 4.78 is 1.95. The average molecular weight is 237 g/mol. The third-order valence-corrected chi connectivity index (χ3v) is 3.74. The van der Waals surface area contributed by atoms with Gasteiger partial charge in [-0.15, -0.1) is 0 Å². The zero-order chi connectivity index (χ0) is 12.3. The van der Waals surface area contributed by atoms with Crippen molar-refractivity contribution in [2.75, 3.05) is 0 Å². The van der Waals surface area contributed by atoms with Gasteiger partial charge in [0.1, 0.15) is 12.2 Å². The Labute approximate surface area is 103 Å². The van der Waals surface area contributed by atoms with E-state index in [4.69, 9.17) is 0 Å². The van der Waals surface area contributed by atoms with Crippen molar-refractivity contribution >= 4 is 0 Å². The summed E-state index contributed by atoms with van der Waals surface area (Å²) in [7, 11) is 0. The van der Waals surface area contributed by atoms with Gasteiger partial charge in [0.05, 0.1) is 6.10 Å². The number of aliphatic hydroxyl groups excluding tert-OH is 1. The maximum absolute atomic E-state index is 10.1. The molecule has 17 heavy (non-hydrogen) atoms. The second-order valence-corrected chi connectivity index (χ2v) is 5.37. The fourth-order valence-corrected chi connectivity index (χ4v) is 2.74. The molecule has 1 N–H and O–H groups in total. The first kappa shape index (κ1) is 12.6. The topological polar surface area (TPSA) is 50.9 Å². The maximum Gasteiger partial charge on any atom is 0.138 e. The molecular weight excluding hydrogens is 214 g/mol. The highest BCUT2D eigenvalue weighted by atomic mass is 16.3. The Balaban J connectivity index is 1.86. The highest BCUT2D eigenvalue weighted by Gasteiger charge is 2.23. The predicted octanol–water partition coefficient (Wildman–Crippen LogP) is 2.34. The van der Waals surface area contributed by atoms with Gasteiger partial charge in [0.2, 0.25) is 0 Å². The van der Waals surface area contributed by atoms with Crippen LogP contribution in [0.1, 0.15) is 57.8 Å². The number of aromatic nitrogens is 3. The number of aryl methyl sites for hydroxylation is 1. The molecule has 1 atom stereocenters. The number of nitrogens with zero attached hydrogens (tertiary/aromatic N) is 3. The van der Waals surface area contributed by atoms with E-state index in [9.17, 15) is 5.11 Å². The molecule has 1 aliphatic rings. The van der Waals surface area contributed by atoms with Crippen molar-refractivity contribution in [2.24, 2.45) is 5.92 Å². The van der Waals surface area contributed by atoms with Gasteiger partial charge >= 0.3 is 0 Å². The molecule has 0 amide bonds. The standard InChI is InChI=1S/C13H23N3O/c1-10(2)16-13(14-9-15-16)8-7-12(17)11-5-3-4-6-11/h9-12,17H,3-8H2,1-2H3. The number of rotatable bonds is 5. The molecule has 0 radical (unpaired) electrons. The molecule has 1 unspecified atom stereocenters. The highest BCUT2D eigenvalue weighted by Crippen LogP contribution is 2.29. The minimum Gasteiger partial charge on any atom is -0.393 e. The second-order valence-electron chi connectivity index (χ2n) is 5.37. The molecule has 1 saturated carbocycles. The third-order valence-electron chi connectivity index (χ3n) is 3.74. The lowest BCUT2D eigenvalue weighted by atomic mass is 9.97. The molecule has 4 nitrogen and oxygen atoms in total. The van der Waals surface area contributed by atoms with Crippen LogP contribution >= 0.6 is 0 Å². The van der Waals surface area contributed by atoms with Crippen LogP contribution in [-0.4, -0.2) is 26.0 Å². The van der Waals surface area contributed by atoms with Gasteiger partial charge in [-0.25, -0.2) is 9.67 Å². The molecule has 2 rings (SSSR count). The maximum atomic E-state index is 10.1. The van der Waals surface area contributed by atoms with E-state index < -0.39 is 0 Å². The Morgan fingerprint density at radius 3 is 2.76 bits per heavy atom. The van der Waals surface area contributed by atoms with E-state index in [1.54, 1.807) is 6.33 Å². The molecule has 1 aliphatic carbocycles. The molecule has 0 spiro atoms. The number of aliphatic hydroxyl groups is 1. The van der Waals surface area contributed by atoms with E-state index >= 15 is 0 Å². The van der Waals surface area contributed by atoms with Crippen molar-refractivity contribution in [1.29, 1.82) is 0 Å². The minimum absolute atomic E-state index is 0.158. The summed E-state index contributed by atoms with van der Waals surface area (Å²) in [5.41, 5.74) is 0. The fraction of sp³-hybridized carbons (Fsp3) is 0.846. The van der Waals surface area contributed by atoms with E-state index in [0.717, 1.165) is 18.7 Å². The van der Waals surface area contributed by atoms with E-state index in [-0.39, 0.29) is 6.10 Å². The Hall–Kier alpha value is -0.900. The molecule has 0 aliphatic heterocycles. The van der Waals surface area contributed by atoms with Crippen LogP contribution in [0.25, 0.3) is 0 Å². The lowest BCUT2D eigenvalue weighted by Gasteiger charge is -2.17. The zero-order valence-corrected chi connectivity index (χ0v) is 10.8. The quantitative estimate of drug-likeness (QED) is 0.855. The average Bonchev–Trinajstić information content (AvgIpc) is 2.96. The van der Waals surface area contributed by atoms with E-state index in [2.05, 4.69) is 23.9 Å². The lowest BCUT2D eigenvalue weighted by Crippen LogP contribution is -2.19. The van der Waals surface area contributed by atoms with Crippen LogP contribution in [-0.2, 0) is 6.42 Å². The summed E-state index contributed by atoms with van der Waals surface area (Å²) in [6, 6.07) is 0.344. The first-order chi connectivity index (χ1) is 8.18. The Morgan fingerprint density at radius 1 is 1.41 bits per heavy atom. The first-order valence-corrected chi connectivity index (χ1v) is 6.75. The van der Waals surface area contributed by atoms with Gasteiger partial charge in [-0.05, 0) is 39.0 Å². The van der Waals surface area contributed by atoms with Gasteiger partial charge in [-0.3, -0.25) is 0 Å². The highest BCUT2D eigenvalue weighted by molar-refractivity contribution is 4.88. The molecule has 0 saturated heterocycles. The van der Waals surface area contributed by atoms with Crippen molar-refractivity contribution in [3.05, 3.63) is 12.2 Å². The molecular formula is C13H23N3O. The van der Waals surface area contributed by atoms with Crippen LogP contribution in [0.3, 0.4) is 0 Å². The SMILES string of the molecule is CC(C)n1ncnc1CCC(O)C1CCCC1. The molecule has 1 aromatic rings. The smallest absolute Gasteiger partial charge is 0.138 e. The summed E-state index contributed by atoms with van der Waals surface area (Å²) in [5.74, 6) is 1.52. The minimum atomic E-state index is -0.158. The van der Waals surface area contributed by atoms with Crippen molar-refractivity contribution in [1.82, 2.24) is 14.8 Å². The van der Waals surface area contributed by atoms with Gasteiger partial charge in [0.25, 0.3) is 0 Å². The fourth-order valence-electron chi connectivity index (χ4n) is 2.74. The molecule has 0 aromatic carbocycles. The Bertz CT molecular complexity index is 342. The van der Waals surface area contributed by atoms with Crippen LogP contribution < -0.4 is 0 Å². The Kier molecular flexibility index (Phi) is 4.15. The largest absolute Gasteiger partial charge is 0.393 e. The third kappa shape index (κ3) is 3.06. The van der Waals surface area contributed by atoms with Gasteiger partial charge < -0.3 is 5.11 Å². The monoisotopic (exact) mass is 237 g/mol. The van der Waals surface area contributed by atoms with Gasteiger partial charge in [0.15, 0.2) is 0 Å². The van der Waals surface area contributed by atoms with E-state index in [0.29, 0.717) is 12.0 Å². The molecule has 1 fully saturated rings. The van der Waals surface area contributed by atoms with Gasteiger partial charge in [-0.2, -0.15) is 5.10 Å². The van der Waals surface area contributed by atoms with Crippen LogP contribution in [0.5, 0.6) is 0 Å². The zero-order valence-electron chi connectivity index (χ0n) is 10.8. The van der Waals surface area contributed by atoms with Crippen LogP contribution in [0.2, 0.25) is 0 Å². The van der Waals surface area contributed by atoms with E-state index in [1.807, 2.05) is 4.68 Å². The van der Waals surface area contributed by atoms with Gasteiger partial charge in [-0.1, -0.05) is 12.8 Å². The predicted molar refractivity (Wildman–Crippen MR) is 66.7 cm³/mol. The van der Waals surface area contributed by atoms with Crippen molar-refractivity contribution in [3.63, 3.8) is 0 Å². The summed E-state index contributed by atoms with van der Waals surface area (Å²) in [5, 5.41) is 14.3. The van der Waals surface area contributed by atoms with Crippen LogP contribution in [0.4, 0.5) is 0 Å². The number of hydrogen-bond acceptors (Lipinski definition) is 3. The van der Waals surface area contributed by atoms with Crippen molar-refractivity contribution in [3.8, 4) is 0 Å². The molecule has 0 bridgehead atoms. The summed E-state index contributed by atoms with van der Waals surface area (Å²) >= 11 is 0. The Morgan fingerprint density at radius 2 is 2.12 bits per heavy atom. The molecule has 4 heteroatoms. The van der Waals surface area contributed by atoms with E-state index in [1.165, 1.54) is 25.7 Å². The summed E-state index contributed by atoms with van der Waals surface area (Å²) in [6.07, 6.45) is 8.04. The molecule has 1 aromatic heterocycles. The first-order valence-electron chi connectivity index (χ1n) is 6.75. The molecule has 96 valence electrons. The van der Waals surface area contributed by atoms with Crippen LogP contribution in [0.15, 0.2) is 6.33 Å². The lowest BCUT2D eigenvalue weighted by molar-refractivity contribution is 0.101. The summed E-state index contributed by atoms with van der Waals surface area (Å²) in [6.45, 7) is 4.21. The normalized spacial score (nSPS) is 19.1. The summed E-state index contributed by atoms with van der Waals surface area (Å²) in [4.78, 5) is 4.28. The van der Waals surface area contributed by atoms with Crippen molar-refractivity contribution < 1.29 is 5.11 Å². The van der Waals surface area contributed by atoms with Crippen LogP contribution in [0, 0.1) is 5.92 Å². The molecule has 1 heterocycles. The second kappa shape index (κ2) is 5.63. The van der Waals surface area contributed by atoms with Crippen molar-refractivity contribution in [2.45, 2.75) is 64.5 Å². The van der Waals surface area contributed by atoms with Gasteiger partial charge in [0, 0.05) is 12.5 Å². The number of hydrogen-bond donors (Lipinski definition) is 1.